The Labute approximate surface area is 213 Å². The number of anilines is 3. The van der Waals surface area contributed by atoms with Crippen molar-refractivity contribution in [1.29, 1.82) is 0 Å². The molecule has 36 heavy (non-hydrogen) atoms. The van der Waals surface area contributed by atoms with Crippen molar-refractivity contribution in [1.82, 2.24) is 0 Å². The van der Waals surface area contributed by atoms with Gasteiger partial charge in [-0.1, -0.05) is 60.1 Å². The maximum atomic E-state index is 13.1. The molecule has 4 aromatic rings. The quantitative estimate of drug-likeness (QED) is 0.326. The lowest BCUT2D eigenvalue weighted by Gasteiger charge is -2.18. The number of hydrogen-bond donors (Lipinski definition) is 2. The van der Waals surface area contributed by atoms with Gasteiger partial charge >= 0.3 is 0 Å². The van der Waals surface area contributed by atoms with Crippen molar-refractivity contribution in [2.24, 2.45) is 0 Å². The molecule has 0 aliphatic carbocycles. The van der Waals surface area contributed by atoms with Crippen LogP contribution in [0.5, 0.6) is 0 Å². The second-order valence-electron chi connectivity index (χ2n) is 8.61. The minimum absolute atomic E-state index is 0.00414. The fraction of sp³-hybridized carbons (Fsp3) is 0.0690. The fourth-order valence-electron chi connectivity index (χ4n) is 4.17. The van der Waals surface area contributed by atoms with Crippen LogP contribution in [0, 0.1) is 13.8 Å². The molecule has 0 saturated heterocycles. The highest BCUT2D eigenvalue weighted by atomic mass is 35.5. The second kappa shape index (κ2) is 9.32. The van der Waals surface area contributed by atoms with Gasteiger partial charge in [-0.25, -0.2) is 4.90 Å². The van der Waals surface area contributed by atoms with Crippen LogP contribution in [-0.2, 0) is 9.59 Å². The van der Waals surface area contributed by atoms with Gasteiger partial charge in [0.2, 0.25) is 0 Å². The Morgan fingerprint density at radius 1 is 0.833 bits per heavy atom. The van der Waals surface area contributed by atoms with Crippen LogP contribution in [0.3, 0.4) is 0 Å². The van der Waals surface area contributed by atoms with Gasteiger partial charge < -0.3 is 10.6 Å². The average molecular weight is 496 g/mol. The minimum atomic E-state index is -0.580. The predicted octanol–water partition coefficient (Wildman–Crippen LogP) is 6.14. The molecule has 3 amide bonds. The van der Waals surface area contributed by atoms with Crippen LogP contribution in [0.1, 0.15) is 21.5 Å². The molecule has 178 valence electrons. The van der Waals surface area contributed by atoms with Crippen molar-refractivity contribution in [3.8, 4) is 0 Å². The van der Waals surface area contributed by atoms with Crippen LogP contribution in [0.25, 0.3) is 10.8 Å². The molecule has 0 fully saturated rings. The number of hydrogen-bond acceptors (Lipinski definition) is 4. The third-order valence-electron chi connectivity index (χ3n) is 6.09. The number of fused-ring (bicyclic) bond motifs is 1. The Bertz CT molecular complexity index is 1570. The minimum Gasteiger partial charge on any atom is -0.350 e. The number of imide groups is 1. The summed E-state index contributed by atoms with van der Waals surface area (Å²) in [5.74, 6) is -1.37. The van der Waals surface area contributed by atoms with Crippen LogP contribution in [0.4, 0.5) is 17.1 Å². The molecule has 0 saturated carbocycles. The molecular formula is C29H22ClN3O3. The van der Waals surface area contributed by atoms with E-state index in [1.54, 1.807) is 30.3 Å². The molecule has 0 atom stereocenters. The summed E-state index contributed by atoms with van der Waals surface area (Å²) in [6.07, 6.45) is 0. The van der Waals surface area contributed by atoms with E-state index in [-0.39, 0.29) is 16.6 Å². The predicted molar refractivity (Wildman–Crippen MR) is 143 cm³/mol. The van der Waals surface area contributed by atoms with E-state index in [0.29, 0.717) is 16.9 Å². The SMILES string of the molecule is Cc1ccc(C)c(N2C(=O)C(Cl)=C(Nc3ccc(C(=O)Nc4cccc5ccccc45)cc3)C2=O)c1. The van der Waals surface area contributed by atoms with Gasteiger partial charge in [0.25, 0.3) is 17.7 Å². The second-order valence-corrected chi connectivity index (χ2v) is 8.99. The third-order valence-corrected chi connectivity index (χ3v) is 6.44. The first-order valence-electron chi connectivity index (χ1n) is 11.4. The van der Waals surface area contributed by atoms with Crippen LogP contribution in [0.15, 0.2) is 95.7 Å². The van der Waals surface area contributed by atoms with Crippen molar-refractivity contribution in [3.63, 3.8) is 0 Å². The first kappa shape index (κ1) is 23.3. The number of nitrogens with one attached hydrogen (secondary N) is 2. The van der Waals surface area contributed by atoms with Gasteiger partial charge in [-0.2, -0.15) is 0 Å². The number of halogens is 1. The molecule has 1 aliphatic heterocycles. The summed E-state index contributed by atoms with van der Waals surface area (Å²) in [5, 5.41) is 7.70. The van der Waals surface area contributed by atoms with E-state index < -0.39 is 11.8 Å². The first-order chi connectivity index (χ1) is 17.3. The maximum Gasteiger partial charge on any atom is 0.283 e. The van der Waals surface area contributed by atoms with Crippen molar-refractivity contribution >= 4 is 57.2 Å². The number of carbonyl (C=O) groups is 3. The Morgan fingerprint density at radius 3 is 2.33 bits per heavy atom. The fourth-order valence-corrected chi connectivity index (χ4v) is 4.38. The molecule has 0 unspecified atom stereocenters. The highest BCUT2D eigenvalue weighted by molar-refractivity contribution is 6.53. The molecule has 4 aromatic carbocycles. The van der Waals surface area contributed by atoms with E-state index in [9.17, 15) is 14.4 Å². The van der Waals surface area contributed by atoms with Crippen LogP contribution < -0.4 is 15.5 Å². The lowest BCUT2D eigenvalue weighted by Crippen LogP contribution is -2.32. The zero-order chi connectivity index (χ0) is 25.4. The molecule has 0 spiro atoms. The topological polar surface area (TPSA) is 78.5 Å². The smallest absolute Gasteiger partial charge is 0.283 e. The van der Waals surface area contributed by atoms with Gasteiger partial charge in [0.1, 0.15) is 10.7 Å². The molecule has 2 N–H and O–H groups in total. The van der Waals surface area contributed by atoms with Gasteiger partial charge in [-0.15, -0.1) is 0 Å². The molecule has 0 aromatic heterocycles. The highest BCUT2D eigenvalue weighted by Crippen LogP contribution is 2.32. The third kappa shape index (κ3) is 4.23. The Balaban J connectivity index is 1.33. The van der Waals surface area contributed by atoms with Crippen LogP contribution in [-0.4, -0.2) is 17.7 Å². The standard InChI is InChI=1S/C29H22ClN3O3/c1-17-10-11-18(2)24(16-17)33-28(35)25(30)26(29(33)36)31-21-14-12-20(13-15-21)27(34)32-23-9-5-7-19-6-3-4-8-22(19)23/h3-16,31H,1-2H3,(H,32,34). The lowest BCUT2D eigenvalue weighted by molar-refractivity contribution is -0.120. The molecule has 1 heterocycles. The average Bonchev–Trinajstić information content (AvgIpc) is 3.09. The highest BCUT2D eigenvalue weighted by Gasteiger charge is 2.39. The normalized spacial score (nSPS) is 13.5. The van der Waals surface area contributed by atoms with Crippen LogP contribution >= 0.6 is 11.6 Å². The summed E-state index contributed by atoms with van der Waals surface area (Å²) in [7, 11) is 0. The largest absolute Gasteiger partial charge is 0.350 e. The summed E-state index contributed by atoms with van der Waals surface area (Å²) in [6, 6.07) is 25.7. The van der Waals surface area contributed by atoms with Gasteiger partial charge in [0, 0.05) is 22.3 Å². The number of benzene rings is 4. The summed E-state index contributed by atoms with van der Waals surface area (Å²) in [4.78, 5) is 39.9. The van der Waals surface area contributed by atoms with E-state index in [1.807, 2.05) is 68.4 Å². The number of amides is 3. The van der Waals surface area contributed by atoms with E-state index in [0.717, 1.165) is 32.5 Å². The first-order valence-corrected chi connectivity index (χ1v) is 11.7. The molecule has 5 rings (SSSR count). The molecule has 0 radical (unpaired) electrons. The Morgan fingerprint density at radius 2 is 1.56 bits per heavy atom. The molecule has 6 nitrogen and oxygen atoms in total. The Kier molecular flexibility index (Phi) is 6.04. The number of nitrogens with zero attached hydrogens (tertiary/aromatic N) is 1. The number of carbonyl (C=O) groups excluding carboxylic acids is 3. The summed E-state index contributed by atoms with van der Waals surface area (Å²) < 4.78 is 0. The van der Waals surface area contributed by atoms with Gasteiger partial charge in [0.15, 0.2) is 0 Å². The number of aryl methyl sites for hydroxylation is 2. The van der Waals surface area contributed by atoms with E-state index in [1.165, 1.54) is 0 Å². The lowest BCUT2D eigenvalue weighted by atomic mass is 10.1. The van der Waals surface area contributed by atoms with Crippen molar-refractivity contribution in [2.45, 2.75) is 13.8 Å². The van der Waals surface area contributed by atoms with E-state index in [4.69, 9.17) is 11.6 Å². The van der Waals surface area contributed by atoms with Crippen molar-refractivity contribution < 1.29 is 14.4 Å². The monoisotopic (exact) mass is 495 g/mol. The maximum absolute atomic E-state index is 13.1. The van der Waals surface area contributed by atoms with Crippen LogP contribution in [0.2, 0.25) is 0 Å². The summed E-state index contributed by atoms with van der Waals surface area (Å²) in [6.45, 7) is 3.72. The van der Waals surface area contributed by atoms with Gasteiger partial charge in [-0.05, 0) is 66.8 Å². The zero-order valence-corrected chi connectivity index (χ0v) is 20.4. The van der Waals surface area contributed by atoms with Crippen molar-refractivity contribution in [2.75, 3.05) is 15.5 Å². The molecule has 1 aliphatic rings. The zero-order valence-electron chi connectivity index (χ0n) is 19.6. The molecule has 7 heteroatoms. The molecular weight excluding hydrogens is 474 g/mol. The Hall–Kier alpha value is -4.42. The number of rotatable bonds is 5. The van der Waals surface area contributed by atoms with Gasteiger partial charge in [-0.3, -0.25) is 14.4 Å². The van der Waals surface area contributed by atoms with E-state index >= 15 is 0 Å². The van der Waals surface area contributed by atoms with Gasteiger partial charge in [0.05, 0.1) is 5.69 Å². The summed E-state index contributed by atoms with van der Waals surface area (Å²) >= 11 is 6.27. The molecule has 0 bridgehead atoms. The summed E-state index contributed by atoms with van der Waals surface area (Å²) in [5.41, 5.74) is 3.89. The van der Waals surface area contributed by atoms with E-state index in [2.05, 4.69) is 10.6 Å². The van der Waals surface area contributed by atoms with Crippen molar-refractivity contribution in [3.05, 3.63) is 112 Å².